The van der Waals surface area contributed by atoms with Crippen LogP contribution in [0.25, 0.3) is 0 Å². The van der Waals surface area contributed by atoms with E-state index < -0.39 is 5.82 Å². The number of carbonyl (C=O) groups excluding carboxylic acids is 1. The van der Waals surface area contributed by atoms with Gasteiger partial charge in [0.2, 0.25) is 0 Å². The number of amides is 2. The Morgan fingerprint density at radius 2 is 2.17 bits per heavy atom. The highest BCUT2D eigenvalue weighted by Gasteiger charge is 2.04. The molecule has 0 unspecified atom stereocenters. The summed E-state index contributed by atoms with van der Waals surface area (Å²) in [5.74, 6) is -0.506. The van der Waals surface area contributed by atoms with E-state index in [1.165, 1.54) is 18.2 Å². The monoisotopic (exact) mass is 273 g/mol. The molecule has 0 saturated heterocycles. The fraction of sp³-hybridized carbons (Fsp3) is 0.417. The molecule has 1 aromatic rings. The van der Waals surface area contributed by atoms with E-state index in [-0.39, 0.29) is 11.1 Å². The first-order chi connectivity index (χ1) is 8.49. The largest absolute Gasteiger partial charge is 0.338 e. The molecule has 1 rings (SSSR count). The van der Waals surface area contributed by atoms with Gasteiger partial charge < -0.3 is 15.5 Å². The fourth-order valence-electron chi connectivity index (χ4n) is 1.35. The van der Waals surface area contributed by atoms with Gasteiger partial charge in [0.15, 0.2) is 0 Å². The molecule has 6 heteroatoms. The van der Waals surface area contributed by atoms with Crippen molar-refractivity contribution in [3.8, 4) is 0 Å². The van der Waals surface area contributed by atoms with Gasteiger partial charge in [0.05, 0.1) is 5.02 Å². The van der Waals surface area contributed by atoms with E-state index in [0.29, 0.717) is 12.2 Å². The first-order valence-electron chi connectivity index (χ1n) is 5.63. The second-order valence-electron chi connectivity index (χ2n) is 4.17. The quantitative estimate of drug-likeness (QED) is 0.810. The van der Waals surface area contributed by atoms with Crippen LogP contribution in [0.15, 0.2) is 18.2 Å². The Hall–Kier alpha value is -1.33. The van der Waals surface area contributed by atoms with Crippen LogP contribution in [0.1, 0.15) is 6.42 Å². The lowest BCUT2D eigenvalue weighted by molar-refractivity contribution is 0.251. The lowest BCUT2D eigenvalue weighted by Crippen LogP contribution is -2.31. The minimum absolute atomic E-state index is 0.0135. The number of rotatable bonds is 5. The highest BCUT2D eigenvalue weighted by Crippen LogP contribution is 2.19. The first-order valence-corrected chi connectivity index (χ1v) is 6.01. The van der Waals surface area contributed by atoms with Gasteiger partial charge in [-0.3, -0.25) is 0 Å². The molecule has 100 valence electrons. The van der Waals surface area contributed by atoms with E-state index in [1.807, 2.05) is 19.0 Å². The zero-order valence-electron chi connectivity index (χ0n) is 10.5. The molecule has 0 heterocycles. The molecule has 0 fully saturated rings. The van der Waals surface area contributed by atoms with Crippen LogP contribution in [0.4, 0.5) is 14.9 Å². The van der Waals surface area contributed by atoms with Crippen LogP contribution in [-0.4, -0.2) is 38.1 Å². The van der Waals surface area contributed by atoms with Crippen molar-refractivity contribution in [2.45, 2.75) is 6.42 Å². The van der Waals surface area contributed by atoms with Crippen molar-refractivity contribution in [3.63, 3.8) is 0 Å². The number of urea groups is 1. The molecule has 0 aliphatic heterocycles. The van der Waals surface area contributed by atoms with Crippen LogP contribution in [0.3, 0.4) is 0 Å². The van der Waals surface area contributed by atoms with E-state index in [4.69, 9.17) is 11.6 Å². The second-order valence-corrected chi connectivity index (χ2v) is 4.57. The van der Waals surface area contributed by atoms with E-state index in [9.17, 15) is 9.18 Å². The predicted octanol–water partition coefficient (Wildman–Crippen LogP) is 2.55. The van der Waals surface area contributed by atoms with Gasteiger partial charge in [-0.1, -0.05) is 11.6 Å². The summed E-state index contributed by atoms with van der Waals surface area (Å²) in [7, 11) is 3.95. The van der Waals surface area contributed by atoms with Crippen molar-refractivity contribution in [3.05, 3.63) is 29.0 Å². The normalized spacial score (nSPS) is 10.5. The Kier molecular flexibility index (Phi) is 5.88. The van der Waals surface area contributed by atoms with Gasteiger partial charge in [-0.05, 0) is 45.3 Å². The molecule has 0 atom stereocenters. The maximum atomic E-state index is 12.9. The van der Waals surface area contributed by atoms with E-state index >= 15 is 0 Å². The third-order valence-corrected chi connectivity index (χ3v) is 2.53. The fourth-order valence-corrected chi connectivity index (χ4v) is 1.53. The molecule has 0 aliphatic rings. The van der Waals surface area contributed by atoms with Gasteiger partial charge in [-0.25, -0.2) is 9.18 Å². The molecule has 0 bridgehead atoms. The van der Waals surface area contributed by atoms with E-state index in [2.05, 4.69) is 10.6 Å². The third-order valence-electron chi connectivity index (χ3n) is 2.25. The molecule has 18 heavy (non-hydrogen) atoms. The number of hydrogen-bond donors (Lipinski definition) is 2. The van der Waals surface area contributed by atoms with Crippen LogP contribution >= 0.6 is 11.6 Å². The lowest BCUT2D eigenvalue weighted by atomic mass is 10.3. The number of benzene rings is 1. The molecule has 0 radical (unpaired) electrons. The number of halogens is 2. The second kappa shape index (κ2) is 7.18. The summed E-state index contributed by atoms with van der Waals surface area (Å²) in [5, 5.41) is 5.28. The molecule has 0 aromatic heterocycles. The zero-order chi connectivity index (χ0) is 13.5. The molecule has 1 aromatic carbocycles. The van der Waals surface area contributed by atoms with Crippen LogP contribution in [0.5, 0.6) is 0 Å². The Labute approximate surface area is 111 Å². The van der Waals surface area contributed by atoms with Crippen molar-refractivity contribution in [2.24, 2.45) is 0 Å². The summed E-state index contributed by atoms with van der Waals surface area (Å²) in [4.78, 5) is 13.5. The van der Waals surface area contributed by atoms with Gasteiger partial charge >= 0.3 is 6.03 Å². The molecule has 0 saturated carbocycles. The van der Waals surface area contributed by atoms with Crippen molar-refractivity contribution in [1.29, 1.82) is 0 Å². The van der Waals surface area contributed by atoms with Crippen LogP contribution in [-0.2, 0) is 0 Å². The summed E-state index contributed by atoms with van der Waals surface area (Å²) in [6, 6.07) is 3.72. The van der Waals surface area contributed by atoms with Gasteiger partial charge in [-0.15, -0.1) is 0 Å². The van der Waals surface area contributed by atoms with Gasteiger partial charge in [0.1, 0.15) is 5.82 Å². The van der Waals surface area contributed by atoms with Crippen molar-refractivity contribution in [2.75, 3.05) is 32.5 Å². The van der Waals surface area contributed by atoms with Crippen molar-refractivity contribution >= 4 is 23.3 Å². The molecule has 0 aliphatic carbocycles. The standard InChI is InChI=1S/C12H17ClFN3O/c1-17(2)7-3-6-15-12(18)16-9-4-5-11(14)10(13)8-9/h4-5,8H,3,6-7H2,1-2H3,(H2,15,16,18). The summed E-state index contributed by atoms with van der Waals surface area (Å²) >= 11 is 5.61. The molecule has 2 amide bonds. The topological polar surface area (TPSA) is 44.4 Å². The summed E-state index contributed by atoms with van der Waals surface area (Å²) in [6.07, 6.45) is 0.866. The number of nitrogens with one attached hydrogen (secondary N) is 2. The average molecular weight is 274 g/mol. The molecular weight excluding hydrogens is 257 g/mol. The average Bonchev–Trinajstić information content (AvgIpc) is 2.29. The lowest BCUT2D eigenvalue weighted by Gasteiger charge is -2.10. The Bertz CT molecular complexity index is 412. The van der Waals surface area contributed by atoms with Gasteiger partial charge in [-0.2, -0.15) is 0 Å². The van der Waals surface area contributed by atoms with Crippen molar-refractivity contribution in [1.82, 2.24) is 10.2 Å². The van der Waals surface area contributed by atoms with E-state index in [1.54, 1.807) is 0 Å². The maximum absolute atomic E-state index is 12.9. The van der Waals surface area contributed by atoms with Crippen LogP contribution in [0, 0.1) is 5.82 Å². The number of hydrogen-bond acceptors (Lipinski definition) is 2. The summed E-state index contributed by atoms with van der Waals surface area (Å²) < 4.78 is 12.9. The van der Waals surface area contributed by atoms with Crippen LogP contribution < -0.4 is 10.6 Å². The zero-order valence-corrected chi connectivity index (χ0v) is 11.2. The van der Waals surface area contributed by atoms with E-state index in [0.717, 1.165) is 13.0 Å². The smallest absolute Gasteiger partial charge is 0.319 e. The molecule has 4 nitrogen and oxygen atoms in total. The maximum Gasteiger partial charge on any atom is 0.319 e. The Morgan fingerprint density at radius 1 is 1.44 bits per heavy atom. The minimum Gasteiger partial charge on any atom is -0.338 e. The molecular formula is C12H17ClFN3O. The highest BCUT2D eigenvalue weighted by molar-refractivity contribution is 6.31. The van der Waals surface area contributed by atoms with Crippen molar-refractivity contribution < 1.29 is 9.18 Å². The predicted molar refractivity (Wildman–Crippen MR) is 71.6 cm³/mol. The van der Waals surface area contributed by atoms with Crippen LogP contribution in [0.2, 0.25) is 5.02 Å². The first kappa shape index (κ1) is 14.7. The third kappa shape index (κ3) is 5.33. The highest BCUT2D eigenvalue weighted by atomic mass is 35.5. The SMILES string of the molecule is CN(C)CCCNC(=O)Nc1ccc(F)c(Cl)c1. The van der Waals surface area contributed by atoms with Gasteiger partial charge in [0, 0.05) is 12.2 Å². The number of anilines is 1. The Morgan fingerprint density at radius 3 is 2.78 bits per heavy atom. The Balaban J connectivity index is 2.33. The summed E-state index contributed by atoms with van der Waals surface area (Å²) in [5.41, 5.74) is 0.464. The minimum atomic E-state index is -0.506. The molecule has 0 spiro atoms. The number of carbonyl (C=O) groups is 1. The summed E-state index contributed by atoms with van der Waals surface area (Å²) in [6.45, 7) is 1.49. The van der Waals surface area contributed by atoms with Gasteiger partial charge in [0.25, 0.3) is 0 Å². The molecule has 2 N–H and O–H groups in total. The number of nitrogens with zero attached hydrogens (tertiary/aromatic N) is 1.